The Morgan fingerprint density at radius 1 is 1.26 bits per heavy atom. The number of carboxylic acids is 1. The number of halogens is 2. The van der Waals surface area contributed by atoms with E-state index in [9.17, 15) is 18.4 Å². The van der Waals surface area contributed by atoms with Crippen molar-refractivity contribution in [2.24, 2.45) is 5.92 Å². The number of carbonyl (C=O) groups excluding carboxylic acids is 1. The Morgan fingerprint density at radius 2 is 1.89 bits per heavy atom. The number of amides is 1. The van der Waals surface area contributed by atoms with Crippen LogP contribution in [0.5, 0.6) is 0 Å². The van der Waals surface area contributed by atoms with Crippen LogP contribution in [0.3, 0.4) is 0 Å². The van der Waals surface area contributed by atoms with E-state index in [1.54, 1.807) is 0 Å². The molecule has 0 aliphatic heterocycles. The van der Waals surface area contributed by atoms with E-state index in [1.165, 1.54) is 25.7 Å². The van der Waals surface area contributed by atoms with Gasteiger partial charge in [-0.1, -0.05) is 25.7 Å². The topological polar surface area (TPSA) is 66.4 Å². The zero-order valence-corrected chi connectivity index (χ0v) is 10.9. The molecule has 1 aliphatic rings. The molecule has 0 aromatic rings. The third kappa shape index (κ3) is 6.50. The smallest absolute Gasteiger partial charge is 0.326 e. The minimum Gasteiger partial charge on any atom is -0.480 e. The monoisotopic (exact) mass is 277 g/mol. The molecule has 6 heteroatoms. The minimum absolute atomic E-state index is 0.212. The second-order valence-electron chi connectivity index (χ2n) is 5.13. The van der Waals surface area contributed by atoms with Gasteiger partial charge in [-0.3, -0.25) is 4.79 Å². The summed E-state index contributed by atoms with van der Waals surface area (Å²) >= 11 is 0. The van der Waals surface area contributed by atoms with Crippen LogP contribution in [0.1, 0.15) is 51.4 Å². The molecule has 0 saturated heterocycles. The van der Waals surface area contributed by atoms with Crippen LogP contribution >= 0.6 is 0 Å². The van der Waals surface area contributed by atoms with Crippen LogP contribution in [0.2, 0.25) is 0 Å². The van der Waals surface area contributed by atoms with Crippen molar-refractivity contribution in [2.75, 3.05) is 0 Å². The van der Waals surface area contributed by atoms with Gasteiger partial charge in [-0.25, -0.2) is 13.6 Å². The average molecular weight is 277 g/mol. The van der Waals surface area contributed by atoms with Gasteiger partial charge in [0.05, 0.1) is 0 Å². The number of carboxylic acid groups (broad SMARTS) is 1. The van der Waals surface area contributed by atoms with Crippen LogP contribution in [0.4, 0.5) is 8.78 Å². The van der Waals surface area contributed by atoms with Crippen LogP contribution in [0, 0.1) is 5.92 Å². The number of aliphatic carboxylic acids is 1. The van der Waals surface area contributed by atoms with Crippen molar-refractivity contribution >= 4 is 11.9 Å². The molecule has 1 atom stereocenters. The summed E-state index contributed by atoms with van der Waals surface area (Å²) < 4.78 is 24.3. The van der Waals surface area contributed by atoms with Gasteiger partial charge in [0.15, 0.2) is 0 Å². The first-order chi connectivity index (χ1) is 8.99. The molecule has 1 amide bonds. The zero-order valence-electron chi connectivity index (χ0n) is 10.9. The molecular formula is C13H21F2NO3. The summed E-state index contributed by atoms with van der Waals surface area (Å²) in [5.41, 5.74) is 0. The summed E-state index contributed by atoms with van der Waals surface area (Å²) in [4.78, 5) is 22.2. The van der Waals surface area contributed by atoms with Crippen LogP contribution in [0.15, 0.2) is 0 Å². The molecule has 1 saturated carbocycles. The maximum Gasteiger partial charge on any atom is 0.326 e. The number of hydrogen-bond acceptors (Lipinski definition) is 2. The van der Waals surface area contributed by atoms with Crippen molar-refractivity contribution < 1.29 is 23.5 Å². The summed E-state index contributed by atoms with van der Waals surface area (Å²) in [6, 6.07) is -1.49. The summed E-state index contributed by atoms with van der Waals surface area (Å²) in [6.07, 6.45) is 3.17. The second kappa shape index (κ2) is 8.07. The van der Waals surface area contributed by atoms with Crippen LogP contribution in [-0.2, 0) is 9.59 Å². The highest BCUT2D eigenvalue weighted by atomic mass is 19.3. The van der Waals surface area contributed by atoms with Crippen molar-refractivity contribution in [2.45, 2.75) is 63.8 Å². The van der Waals surface area contributed by atoms with E-state index in [4.69, 9.17) is 5.11 Å². The lowest BCUT2D eigenvalue weighted by Gasteiger charge is -2.14. The Labute approximate surface area is 111 Å². The first-order valence-corrected chi connectivity index (χ1v) is 6.79. The number of carbonyl (C=O) groups is 2. The number of alkyl halides is 2. The van der Waals surface area contributed by atoms with E-state index in [2.05, 4.69) is 5.32 Å². The van der Waals surface area contributed by atoms with Gasteiger partial charge in [-0.2, -0.15) is 0 Å². The van der Waals surface area contributed by atoms with E-state index in [0.717, 1.165) is 6.42 Å². The van der Waals surface area contributed by atoms with Gasteiger partial charge >= 0.3 is 5.97 Å². The van der Waals surface area contributed by atoms with Crippen LogP contribution in [-0.4, -0.2) is 29.5 Å². The molecule has 4 nitrogen and oxygen atoms in total. The van der Waals surface area contributed by atoms with Gasteiger partial charge in [0.2, 0.25) is 12.3 Å². The summed E-state index contributed by atoms with van der Waals surface area (Å²) in [5, 5.41) is 10.9. The number of hydrogen-bond donors (Lipinski definition) is 2. The fourth-order valence-corrected chi connectivity index (χ4v) is 2.52. The Bertz CT molecular complexity index is 304. The Kier molecular flexibility index (Phi) is 6.73. The highest BCUT2D eigenvalue weighted by molar-refractivity contribution is 5.83. The van der Waals surface area contributed by atoms with Crippen molar-refractivity contribution in [3.8, 4) is 0 Å². The molecule has 0 spiro atoms. The van der Waals surface area contributed by atoms with E-state index in [0.29, 0.717) is 12.3 Å². The second-order valence-corrected chi connectivity index (χ2v) is 5.13. The molecule has 1 rings (SSSR count). The van der Waals surface area contributed by atoms with Crippen molar-refractivity contribution in [1.29, 1.82) is 0 Å². The highest BCUT2D eigenvalue weighted by Gasteiger charge is 2.24. The normalized spacial score (nSPS) is 17.6. The molecule has 19 heavy (non-hydrogen) atoms. The highest BCUT2D eigenvalue weighted by Crippen LogP contribution is 2.28. The van der Waals surface area contributed by atoms with Gasteiger partial charge < -0.3 is 10.4 Å². The molecule has 1 aliphatic carbocycles. The van der Waals surface area contributed by atoms with E-state index in [1.807, 2.05) is 0 Å². The minimum atomic E-state index is -2.74. The predicted molar refractivity (Wildman–Crippen MR) is 66.0 cm³/mol. The van der Waals surface area contributed by atoms with Crippen molar-refractivity contribution in [3.05, 3.63) is 0 Å². The molecule has 110 valence electrons. The molecule has 2 N–H and O–H groups in total. The van der Waals surface area contributed by atoms with Gasteiger partial charge in [0.25, 0.3) is 0 Å². The maximum atomic E-state index is 12.1. The molecule has 1 fully saturated rings. The number of nitrogens with one attached hydrogen (secondary N) is 1. The molecule has 0 aromatic carbocycles. The van der Waals surface area contributed by atoms with E-state index >= 15 is 0 Å². The Hall–Kier alpha value is -1.20. The van der Waals surface area contributed by atoms with E-state index in [-0.39, 0.29) is 6.42 Å². The van der Waals surface area contributed by atoms with Crippen LogP contribution in [0.25, 0.3) is 0 Å². The molecule has 1 unspecified atom stereocenters. The molecule has 0 heterocycles. The largest absolute Gasteiger partial charge is 0.480 e. The zero-order chi connectivity index (χ0) is 14.3. The lowest BCUT2D eigenvalue weighted by Crippen LogP contribution is -2.41. The third-order valence-electron chi connectivity index (χ3n) is 3.54. The molecular weight excluding hydrogens is 256 g/mol. The lowest BCUT2D eigenvalue weighted by atomic mass is 10.0. The molecule has 0 radical (unpaired) electrons. The van der Waals surface area contributed by atoms with Gasteiger partial charge in [0, 0.05) is 12.8 Å². The van der Waals surface area contributed by atoms with Gasteiger partial charge in [-0.05, 0) is 18.8 Å². The summed E-state index contributed by atoms with van der Waals surface area (Å²) in [5.74, 6) is -1.19. The van der Waals surface area contributed by atoms with Crippen molar-refractivity contribution in [3.63, 3.8) is 0 Å². The first kappa shape index (κ1) is 15.9. The van der Waals surface area contributed by atoms with E-state index < -0.39 is 30.8 Å². The predicted octanol–water partition coefficient (Wildman–Crippen LogP) is 2.57. The van der Waals surface area contributed by atoms with Crippen molar-refractivity contribution in [1.82, 2.24) is 5.32 Å². The van der Waals surface area contributed by atoms with Gasteiger partial charge in [0.1, 0.15) is 6.04 Å². The third-order valence-corrected chi connectivity index (χ3v) is 3.54. The first-order valence-electron chi connectivity index (χ1n) is 6.79. The lowest BCUT2D eigenvalue weighted by molar-refractivity contribution is -0.143. The standard InChI is InChI=1S/C13H21F2NO3/c14-11(15)8-10(13(18)19)16-12(17)7-3-6-9-4-1-2-5-9/h9-11H,1-8H2,(H,16,17)(H,18,19). The maximum absolute atomic E-state index is 12.1. The fraction of sp³-hybridized carbons (Fsp3) is 0.846. The Balaban J connectivity index is 2.21. The average Bonchev–Trinajstić information content (AvgIpc) is 2.80. The summed E-state index contributed by atoms with van der Waals surface area (Å²) in [7, 11) is 0. The molecule has 0 bridgehead atoms. The quantitative estimate of drug-likeness (QED) is 0.716. The Morgan fingerprint density at radius 3 is 2.42 bits per heavy atom. The van der Waals surface area contributed by atoms with Crippen LogP contribution < -0.4 is 5.32 Å². The number of rotatable bonds is 8. The fourth-order valence-electron chi connectivity index (χ4n) is 2.52. The summed E-state index contributed by atoms with van der Waals surface area (Å²) in [6.45, 7) is 0. The van der Waals surface area contributed by atoms with Gasteiger partial charge in [-0.15, -0.1) is 0 Å². The molecule has 0 aromatic heterocycles. The SMILES string of the molecule is O=C(CCCC1CCCC1)NC(CC(F)F)C(=O)O.